The molecular weight excluding hydrogens is 486 g/mol. The summed E-state index contributed by atoms with van der Waals surface area (Å²) in [6.07, 6.45) is 2.28. The smallest absolute Gasteiger partial charge is 0.413 e. The Morgan fingerprint density at radius 3 is 2.29 bits per heavy atom. The van der Waals surface area contributed by atoms with Crippen molar-refractivity contribution >= 4 is 23.7 Å². The molecule has 4 N–H and O–H groups in total. The highest BCUT2D eigenvalue weighted by Crippen LogP contribution is 2.28. The largest absolute Gasteiger partial charge is 0.444 e. The molecule has 0 aliphatic carbocycles. The van der Waals surface area contributed by atoms with Crippen molar-refractivity contribution in [3.05, 3.63) is 36.0 Å². The first kappa shape index (κ1) is 30.8. The van der Waals surface area contributed by atoms with Crippen molar-refractivity contribution in [1.82, 2.24) is 20.4 Å². The minimum atomic E-state index is -0.785. The summed E-state index contributed by atoms with van der Waals surface area (Å²) in [5, 5.41) is 22.8. The quantitative estimate of drug-likeness (QED) is 0.350. The number of carbonyl (C=O) groups excluding carboxylic acids is 3. The van der Waals surface area contributed by atoms with Gasteiger partial charge >= 0.3 is 6.09 Å². The van der Waals surface area contributed by atoms with E-state index in [0.717, 1.165) is 17.5 Å². The first-order valence-corrected chi connectivity index (χ1v) is 12.9. The molecule has 1 heterocycles. The standard InChI is InChI=1S/C28H43N5O5/c1-9-28(6,7)15-21(35)16-29-25(36)23(30-18(2)34)14-19-10-12-20(13-11-19)22-17-33(8)32-24(22)31-26(37)38-27(3,4)5/h10-13,17,21,23,35H,9,14-16H2,1-8H3,(H,29,36)(H,30,34)(H,31,32,37). The number of amides is 3. The number of aliphatic hydroxyl groups is 1. The number of anilines is 1. The minimum absolute atomic E-state index is 0.0283. The monoisotopic (exact) mass is 529 g/mol. The lowest BCUT2D eigenvalue weighted by Crippen LogP contribution is -2.49. The number of nitrogens with one attached hydrogen (secondary N) is 3. The molecule has 0 radical (unpaired) electrons. The summed E-state index contributed by atoms with van der Waals surface area (Å²) in [6, 6.07) is 6.67. The number of aryl methyl sites for hydroxylation is 1. The van der Waals surface area contributed by atoms with Gasteiger partial charge in [0, 0.05) is 38.7 Å². The number of hydrogen-bond donors (Lipinski definition) is 4. The molecule has 10 heteroatoms. The van der Waals surface area contributed by atoms with Gasteiger partial charge in [-0.3, -0.25) is 19.6 Å². The third-order valence-electron chi connectivity index (χ3n) is 6.10. The second kappa shape index (κ2) is 12.9. The fourth-order valence-corrected chi connectivity index (χ4v) is 3.90. The Morgan fingerprint density at radius 2 is 1.74 bits per heavy atom. The zero-order chi connectivity index (χ0) is 28.7. The van der Waals surface area contributed by atoms with E-state index in [1.54, 1.807) is 38.7 Å². The van der Waals surface area contributed by atoms with E-state index in [1.807, 2.05) is 24.3 Å². The molecule has 3 amide bonds. The molecule has 0 aliphatic heterocycles. The van der Waals surface area contributed by atoms with Crippen LogP contribution in [0, 0.1) is 5.41 Å². The van der Waals surface area contributed by atoms with Gasteiger partial charge < -0.3 is 20.5 Å². The molecule has 0 saturated heterocycles. The second-order valence-corrected chi connectivity index (χ2v) is 11.5. The molecule has 0 bridgehead atoms. The van der Waals surface area contributed by atoms with Gasteiger partial charge in [-0.1, -0.05) is 51.5 Å². The van der Waals surface area contributed by atoms with Crippen LogP contribution in [0.5, 0.6) is 0 Å². The summed E-state index contributed by atoms with van der Waals surface area (Å²) >= 11 is 0. The zero-order valence-electron chi connectivity index (χ0n) is 23.8. The fraction of sp³-hybridized carbons (Fsp3) is 0.571. The van der Waals surface area contributed by atoms with Crippen molar-refractivity contribution < 1.29 is 24.2 Å². The first-order chi connectivity index (χ1) is 17.6. The van der Waals surface area contributed by atoms with Crippen LogP contribution in [0.4, 0.5) is 10.6 Å². The molecule has 210 valence electrons. The minimum Gasteiger partial charge on any atom is -0.444 e. The SMILES string of the molecule is CCC(C)(C)CC(O)CNC(=O)C(Cc1ccc(-c2cn(C)nc2NC(=O)OC(C)(C)C)cc1)NC(C)=O. The maximum absolute atomic E-state index is 12.9. The predicted octanol–water partition coefficient (Wildman–Crippen LogP) is 3.78. The van der Waals surface area contributed by atoms with Gasteiger partial charge in [0.1, 0.15) is 11.6 Å². The van der Waals surface area contributed by atoms with Crippen LogP contribution < -0.4 is 16.0 Å². The van der Waals surface area contributed by atoms with Gasteiger partial charge in [-0.05, 0) is 43.7 Å². The lowest BCUT2D eigenvalue weighted by molar-refractivity contribution is -0.128. The fourth-order valence-electron chi connectivity index (χ4n) is 3.90. The van der Waals surface area contributed by atoms with Crippen molar-refractivity contribution in [3.8, 4) is 11.1 Å². The number of nitrogens with zero attached hydrogens (tertiary/aromatic N) is 2. The molecule has 10 nitrogen and oxygen atoms in total. The summed E-state index contributed by atoms with van der Waals surface area (Å²) in [7, 11) is 1.76. The van der Waals surface area contributed by atoms with Crippen molar-refractivity contribution in [2.24, 2.45) is 12.5 Å². The maximum Gasteiger partial charge on any atom is 0.413 e. The van der Waals surface area contributed by atoms with Gasteiger partial charge in [-0.2, -0.15) is 5.10 Å². The molecule has 0 saturated carbocycles. The molecule has 1 aromatic heterocycles. The summed E-state index contributed by atoms with van der Waals surface area (Å²) in [6.45, 7) is 13.1. The lowest BCUT2D eigenvalue weighted by Gasteiger charge is -2.26. The Balaban J connectivity index is 2.10. The maximum atomic E-state index is 12.9. The summed E-state index contributed by atoms with van der Waals surface area (Å²) in [4.78, 5) is 36.9. The van der Waals surface area contributed by atoms with E-state index in [1.165, 1.54) is 6.92 Å². The Hall–Kier alpha value is -3.40. The zero-order valence-corrected chi connectivity index (χ0v) is 23.8. The number of carbonyl (C=O) groups is 3. The van der Waals surface area contributed by atoms with Gasteiger partial charge in [-0.25, -0.2) is 4.79 Å². The predicted molar refractivity (Wildman–Crippen MR) is 148 cm³/mol. The molecule has 2 rings (SSSR count). The third kappa shape index (κ3) is 10.2. The number of aromatic nitrogens is 2. The average Bonchev–Trinajstić information content (AvgIpc) is 3.15. The molecule has 2 unspecified atom stereocenters. The van der Waals surface area contributed by atoms with E-state index in [0.29, 0.717) is 17.8 Å². The van der Waals surface area contributed by atoms with E-state index < -0.39 is 23.8 Å². The highest BCUT2D eigenvalue weighted by atomic mass is 16.6. The van der Waals surface area contributed by atoms with Crippen molar-refractivity contribution in [1.29, 1.82) is 0 Å². The summed E-state index contributed by atoms with van der Waals surface area (Å²) in [5.74, 6) is -0.300. The van der Waals surface area contributed by atoms with Crippen LogP contribution >= 0.6 is 0 Å². The molecule has 2 atom stereocenters. The Morgan fingerprint density at radius 1 is 1.11 bits per heavy atom. The Kier molecular flexibility index (Phi) is 10.5. The molecule has 2 aromatic rings. The Labute approximate surface area is 225 Å². The van der Waals surface area contributed by atoms with E-state index in [9.17, 15) is 19.5 Å². The third-order valence-corrected chi connectivity index (χ3v) is 6.10. The average molecular weight is 530 g/mol. The summed E-state index contributed by atoms with van der Waals surface area (Å²) < 4.78 is 6.94. The van der Waals surface area contributed by atoms with Crippen LogP contribution in [0.25, 0.3) is 11.1 Å². The topological polar surface area (TPSA) is 135 Å². The van der Waals surface area contributed by atoms with Gasteiger partial charge in [0.25, 0.3) is 0 Å². The van der Waals surface area contributed by atoms with Crippen LogP contribution in [0.1, 0.15) is 66.9 Å². The van der Waals surface area contributed by atoms with Gasteiger partial charge in [-0.15, -0.1) is 0 Å². The number of ether oxygens (including phenoxy) is 1. The van der Waals surface area contributed by atoms with Gasteiger partial charge in [0.15, 0.2) is 5.82 Å². The number of aliphatic hydroxyl groups excluding tert-OH is 1. The van der Waals surface area contributed by atoms with Gasteiger partial charge in [0.2, 0.25) is 11.8 Å². The van der Waals surface area contributed by atoms with Gasteiger partial charge in [0.05, 0.1) is 6.10 Å². The van der Waals surface area contributed by atoms with Crippen molar-refractivity contribution in [2.45, 2.75) is 85.5 Å². The molecule has 0 spiro atoms. The highest BCUT2D eigenvalue weighted by Gasteiger charge is 2.24. The van der Waals surface area contributed by atoms with Crippen molar-refractivity contribution in [3.63, 3.8) is 0 Å². The van der Waals surface area contributed by atoms with Crippen LogP contribution in [0.2, 0.25) is 0 Å². The number of rotatable bonds is 11. The van der Waals surface area contributed by atoms with E-state index in [-0.39, 0.29) is 30.2 Å². The molecular formula is C28H43N5O5. The second-order valence-electron chi connectivity index (χ2n) is 11.5. The molecule has 38 heavy (non-hydrogen) atoms. The number of hydrogen-bond acceptors (Lipinski definition) is 6. The molecule has 1 aromatic carbocycles. The van der Waals surface area contributed by atoms with Crippen LogP contribution in [-0.2, 0) is 27.8 Å². The van der Waals surface area contributed by atoms with E-state index >= 15 is 0 Å². The molecule has 0 aliphatic rings. The number of benzene rings is 1. The van der Waals surface area contributed by atoms with Crippen molar-refractivity contribution in [2.75, 3.05) is 11.9 Å². The van der Waals surface area contributed by atoms with Crippen LogP contribution in [0.15, 0.2) is 30.5 Å². The summed E-state index contributed by atoms with van der Waals surface area (Å²) in [5.41, 5.74) is 1.70. The van der Waals surface area contributed by atoms with Crippen LogP contribution in [-0.4, -0.2) is 57.1 Å². The molecule has 0 fully saturated rings. The lowest BCUT2D eigenvalue weighted by atomic mass is 9.84. The Bertz CT molecular complexity index is 1100. The normalized spacial score (nSPS) is 13.4. The highest BCUT2D eigenvalue weighted by molar-refractivity contribution is 5.90. The van der Waals surface area contributed by atoms with E-state index in [4.69, 9.17) is 4.74 Å². The van der Waals surface area contributed by atoms with Crippen LogP contribution in [0.3, 0.4) is 0 Å². The van der Waals surface area contributed by atoms with E-state index in [2.05, 4.69) is 41.8 Å². The first-order valence-electron chi connectivity index (χ1n) is 12.9.